The molecule has 1 atom stereocenters. The van der Waals surface area contributed by atoms with Crippen LogP contribution in [0.2, 0.25) is 0 Å². The van der Waals surface area contributed by atoms with Crippen LogP contribution in [0.15, 0.2) is 36.5 Å². The van der Waals surface area contributed by atoms with Crippen molar-refractivity contribution in [1.82, 2.24) is 24.8 Å². The van der Waals surface area contributed by atoms with E-state index in [4.69, 9.17) is 15.2 Å². The summed E-state index contributed by atoms with van der Waals surface area (Å²) in [5.41, 5.74) is 10.7. The van der Waals surface area contributed by atoms with Crippen LogP contribution >= 0.6 is 0 Å². The lowest BCUT2D eigenvalue weighted by atomic mass is 10.1. The second-order valence-electron chi connectivity index (χ2n) is 8.72. The van der Waals surface area contributed by atoms with Gasteiger partial charge >= 0.3 is 0 Å². The maximum atomic E-state index is 9.92. The first-order chi connectivity index (χ1) is 17.6. The number of hydrogen-bond donors (Lipinski definition) is 4. The second kappa shape index (κ2) is 12.0. The maximum absolute atomic E-state index is 9.92. The van der Waals surface area contributed by atoms with E-state index in [1.807, 2.05) is 24.4 Å². The van der Waals surface area contributed by atoms with Crippen molar-refractivity contribution >= 4 is 33.7 Å². The third-order valence-electron chi connectivity index (χ3n) is 6.14. The van der Waals surface area contributed by atoms with Gasteiger partial charge in [0.25, 0.3) is 0 Å². The number of aliphatic hydroxyl groups excluding tert-OH is 1. The van der Waals surface area contributed by atoms with E-state index in [0.717, 1.165) is 52.4 Å². The van der Waals surface area contributed by atoms with Crippen LogP contribution in [-0.4, -0.2) is 64.6 Å². The van der Waals surface area contributed by atoms with Gasteiger partial charge in [-0.05, 0) is 24.1 Å². The van der Waals surface area contributed by atoms with Gasteiger partial charge in [-0.15, -0.1) is 0 Å². The van der Waals surface area contributed by atoms with Crippen LogP contribution < -0.4 is 21.1 Å². The van der Waals surface area contributed by atoms with E-state index in [0.29, 0.717) is 31.4 Å². The fourth-order valence-electron chi connectivity index (χ4n) is 4.48. The highest BCUT2D eigenvalue weighted by Crippen LogP contribution is 2.34. The molecule has 0 saturated carbocycles. The largest absolute Gasteiger partial charge is 0.481 e. The van der Waals surface area contributed by atoms with Gasteiger partial charge in [0.1, 0.15) is 11.0 Å². The number of pyridine rings is 1. The molecule has 1 aromatic carbocycles. The van der Waals surface area contributed by atoms with Crippen LogP contribution in [-0.2, 0) is 17.8 Å². The lowest BCUT2D eigenvalue weighted by Crippen LogP contribution is -2.25. The summed E-state index contributed by atoms with van der Waals surface area (Å²) in [7, 11) is 3.31. The summed E-state index contributed by atoms with van der Waals surface area (Å²) in [6.45, 7) is 4.64. The zero-order chi connectivity index (χ0) is 25.5. The molecule has 0 radical (unpaired) electrons. The normalized spacial score (nSPS) is 12.3. The number of rotatable bonds is 13. The Hall–Kier alpha value is -3.47. The van der Waals surface area contributed by atoms with E-state index in [9.17, 15) is 5.11 Å². The molecule has 0 bridgehead atoms. The summed E-state index contributed by atoms with van der Waals surface area (Å²) in [6, 6.07) is 10.0. The molecule has 0 unspecified atom stereocenters. The number of hydrogen-bond acceptors (Lipinski definition) is 9. The van der Waals surface area contributed by atoms with Crippen molar-refractivity contribution in [3.8, 4) is 5.88 Å². The third kappa shape index (κ3) is 5.51. The molecule has 0 fully saturated rings. The predicted molar refractivity (Wildman–Crippen MR) is 142 cm³/mol. The maximum Gasteiger partial charge on any atom is 0.222 e. The average molecular weight is 494 g/mol. The average Bonchev–Trinajstić information content (AvgIpc) is 3.20. The summed E-state index contributed by atoms with van der Waals surface area (Å²) >= 11 is 0. The molecule has 3 heterocycles. The zero-order valence-electron chi connectivity index (χ0n) is 21.1. The van der Waals surface area contributed by atoms with Gasteiger partial charge in [-0.1, -0.05) is 31.5 Å². The number of nitrogens with zero attached hydrogens (tertiary/aromatic N) is 4. The Kier molecular flexibility index (Phi) is 8.52. The topological polar surface area (TPSA) is 132 Å². The Morgan fingerprint density at radius 3 is 2.78 bits per heavy atom. The van der Waals surface area contributed by atoms with Crippen LogP contribution in [0.4, 0.5) is 11.8 Å². The number of nitrogen functional groups attached to an aromatic ring is 1. The molecule has 10 heteroatoms. The standard InChI is InChI=1S/C26H35N7O3/c1-4-7-19(16-34)30-24-23-22(31-26(27)32-24)20-8-5-6-9-21(20)33(23)15-18-12-17(13-28-10-11-35-2)14-29-25(18)36-3/h5-6,8-9,12,14,19,28,34H,4,7,10-11,13,15-16H2,1-3H3,(H3,27,30,31,32)/t19-/m0/s1. The first kappa shape index (κ1) is 25.6. The summed E-state index contributed by atoms with van der Waals surface area (Å²) in [5.74, 6) is 1.35. The fourth-order valence-corrected chi connectivity index (χ4v) is 4.48. The number of benzene rings is 1. The van der Waals surface area contributed by atoms with E-state index in [1.54, 1.807) is 14.2 Å². The minimum Gasteiger partial charge on any atom is -0.481 e. The number of aromatic nitrogens is 4. The molecule has 0 saturated heterocycles. The SMILES string of the molecule is CCC[C@@H](CO)Nc1nc(N)nc2c3ccccc3n(Cc3cc(CNCCOC)cnc3OC)c12. The van der Waals surface area contributed by atoms with Crippen LogP contribution in [0.3, 0.4) is 0 Å². The number of nitrogens with two attached hydrogens (primary N) is 1. The summed E-state index contributed by atoms with van der Waals surface area (Å²) in [4.78, 5) is 13.7. The van der Waals surface area contributed by atoms with Gasteiger partial charge < -0.3 is 35.5 Å². The first-order valence-electron chi connectivity index (χ1n) is 12.2. The molecule has 3 aromatic heterocycles. The van der Waals surface area contributed by atoms with Crippen molar-refractivity contribution < 1.29 is 14.6 Å². The number of ether oxygens (including phenoxy) is 2. The van der Waals surface area contributed by atoms with Crippen molar-refractivity contribution in [2.45, 2.75) is 38.9 Å². The lowest BCUT2D eigenvalue weighted by Gasteiger charge is -2.18. The summed E-state index contributed by atoms with van der Waals surface area (Å²) in [5, 5.41) is 17.7. The fraction of sp³-hybridized carbons (Fsp3) is 0.423. The number of methoxy groups -OCH3 is 2. The molecule has 192 valence electrons. The molecule has 36 heavy (non-hydrogen) atoms. The van der Waals surface area contributed by atoms with Crippen molar-refractivity contribution in [2.24, 2.45) is 0 Å². The smallest absolute Gasteiger partial charge is 0.222 e. The molecule has 10 nitrogen and oxygen atoms in total. The van der Waals surface area contributed by atoms with E-state index >= 15 is 0 Å². The highest BCUT2D eigenvalue weighted by molar-refractivity contribution is 6.09. The van der Waals surface area contributed by atoms with Crippen LogP contribution in [0, 0.1) is 0 Å². The van der Waals surface area contributed by atoms with Crippen molar-refractivity contribution in [3.05, 3.63) is 47.7 Å². The first-order valence-corrected chi connectivity index (χ1v) is 12.2. The predicted octanol–water partition coefficient (Wildman–Crippen LogP) is 2.93. The summed E-state index contributed by atoms with van der Waals surface area (Å²) < 4.78 is 12.9. The summed E-state index contributed by atoms with van der Waals surface area (Å²) in [6.07, 6.45) is 3.55. The van der Waals surface area contributed by atoms with Gasteiger partial charge in [0.15, 0.2) is 5.82 Å². The Bertz CT molecular complexity index is 1310. The number of aliphatic hydroxyl groups is 1. The molecule has 0 aliphatic rings. The van der Waals surface area contributed by atoms with Gasteiger partial charge in [0, 0.05) is 37.3 Å². The number of fused-ring (bicyclic) bond motifs is 3. The quantitative estimate of drug-likeness (QED) is 0.208. The monoisotopic (exact) mass is 493 g/mol. The molecule has 0 spiro atoms. The highest BCUT2D eigenvalue weighted by Gasteiger charge is 2.21. The van der Waals surface area contributed by atoms with Crippen LogP contribution in [0.5, 0.6) is 5.88 Å². The Balaban J connectivity index is 1.82. The number of nitrogens with one attached hydrogen (secondary N) is 2. The van der Waals surface area contributed by atoms with E-state index in [-0.39, 0.29) is 18.6 Å². The molecule has 0 aliphatic heterocycles. The number of anilines is 2. The number of para-hydroxylation sites is 1. The second-order valence-corrected chi connectivity index (χ2v) is 8.72. The lowest BCUT2D eigenvalue weighted by molar-refractivity contribution is 0.199. The van der Waals surface area contributed by atoms with E-state index < -0.39 is 0 Å². The molecule has 4 rings (SSSR count). The molecule has 4 aromatic rings. The third-order valence-corrected chi connectivity index (χ3v) is 6.14. The van der Waals surface area contributed by atoms with Crippen molar-refractivity contribution in [2.75, 3.05) is 45.0 Å². The minimum absolute atomic E-state index is 0.00463. The van der Waals surface area contributed by atoms with Crippen molar-refractivity contribution in [3.63, 3.8) is 0 Å². The Morgan fingerprint density at radius 2 is 2.03 bits per heavy atom. The van der Waals surface area contributed by atoms with Gasteiger partial charge in [0.2, 0.25) is 11.8 Å². The van der Waals surface area contributed by atoms with Gasteiger partial charge in [-0.2, -0.15) is 4.98 Å². The minimum atomic E-state index is -0.142. The molecular weight excluding hydrogens is 458 g/mol. The van der Waals surface area contributed by atoms with Gasteiger partial charge in [-0.3, -0.25) is 0 Å². The van der Waals surface area contributed by atoms with Crippen LogP contribution in [0.25, 0.3) is 21.9 Å². The molecule has 5 N–H and O–H groups in total. The van der Waals surface area contributed by atoms with Gasteiger partial charge in [-0.25, -0.2) is 9.97 Å². The zero-order valence-corrected chi connectivity index (χ0v) is 21.1. The Labute approximate surface area is 210 Å². The molecular formula is C26H35N7O3. The van der Waals surface area contributed by atoms with E-state index in [1.165, 1.54) is 0 Å². The van der Waals surface area contributed by atoms with Gasteiger partial charge in [0.05, 0.1) is 38.4 Å². The van der Waals surface area contributed by atoms with Crippen LogP contribution in [0.1, 0.15) is 30.9 Å². The van der Waals surface area contributed by atoms with Crippen molar-refractivity contribution in [1.29, 1.82) is 0 Å². The molecule has 0 amide bonds. The highest BCUT2D eigenvalue weighted by atomic mass is 16.5. The molecule has 0 aliphatic carbocycles. The Morgan fingerprint density at radius 1 is 1.19 bits per heavy atom. The van der Waals surface area contributed by atoms with E-state index in [2.05, 4.69) is 49.2 Å².